The summed E-state index contributed by atoms with van der Waals surface area (Å²) in [5.41, 5.74) is -0.785. The van der Waals surface area contributed by atoms with Crippen molar-refractivity contribution in [1.29, 1.82) is 0 Å². The van der Waals surface area contributed by atoms with Crippen molar-refractivity contribution in [1.82, 2.24) is 0 Å². The standard InChI is InChI=1S/C11H10F7NO/c12-8-2-1-7(10(13,14)15)5-6(8)3-4-9(19,20)11(16,17)18/h1-2,5,20H,3-4,19H2. The molecule has 0 aliphatic carbocycles. The minimum atomic E-state index is -5.16. The summed E-state index contributed by atoms with van der Waals surface area (Å²) in [7, 11) is 0. The van der Waals surface area contributed by atoms with Gasteiger partial charge in [-0.1, -0.05) is 0 Å². The molecular formula is C11H10F7NO. The molecule has 2 nitrogen and oxygen atoms in total. The average molecular weight is 305 g/mol. The lowest BCUT2D eigenvalue weighted by molar-refractivity contribution is -0.260. The van der Waals surface area contributed by atoms with Gasteiger partial charge < -0.3 is 5.11 Å². The number of rotatable bonds is 3. The van der Waals surface area contributed by atoms with Crippen molar-refractivity contribution in [2.75, 3.05) is 0 Å². The Balaban J connectivity index is 2.94. The maximum Gasteiger partial charge on any atom is 0.430 e. The van der Waals surface area contributed by atoms with Crippen LogP contribution in [0, 0.1) is 5.82 Å². The molecule has 1 atom stereocenters. The monoisotopic (exact) mass is 305 g/mol. The van der Waals surface area contributed by atoms with Crippen molar-refractivity contribution >= 4 is 0 Å². The lowest BCUT2D eigenvalue weighted by Crippen LogP contribution is -2.53. The molecule has 0 aliphatic rings. The number of hydrogen-bond acceptors (Lipinski definition) is 2. The second kappa shape index (κ2) is 5.21. The molecular weight excluding hydrogens is 295 g/mol. The van der Waals surface area contributed by atoms with Gasteiger partial charge in [-0.25, -0.2) is 4.39 Å². The van der Waals surface area contributed by atoms with E-state index in [2.05, 4.69) is 5.73 Å². The number of benzene rings is 1. The summed E-state index contributed by atoms with van der Waals surface area (Å²) < 4.78 is 87.2. The van der Waals surface area contributed by atoms with E-state index in [1.54, 1.807) is 0 Å². The second-order valence-electron chi connectivity index (χ2n) is 4.23. The fourth-order valence-corrected chi connectivity index (χ4v) is 1.41. The highest BCUT2D eigenvalue weighted by molar-refractivity contribution is 5.27. The van der Waals surface area contributed by atoms with Crippen LogP contribution in [0.3, 0.4) is 0 Å². The number of hydrogen-bond donors (Lipinski definition) is 2. The Labute approximate surface area is 109 Å². The highest BCUT2D eigenvalue weighted by atomic mass is 19.4. The molecule has 0 fully saturated rings. The van der Waals surface area contributed by atoms with Gasteiger partial charge >= 0.3 is 12.4 Å². The van der Waals surface area contributed by atoms with Crippen LogP contribution >= 0.6 is 0 Å². The quantitative estimate of drug-likeness (QED) is 0.666. The minimum absolute atomic E-state index is 0.391. The fourth-order valence-electron chi connectivity index (χ4n) is 1.41. The first-order valence-electron chi connectivity index (χ1n) is 5.28. The lowest BCUT2D eigenvalue weighted by Gasteiger charge is -2.26. The Bertz CT molecular complexity index is 479. The molecule has 0 saturated carbocycles. The maximum absolute atomic E-state index is 13.3. The van der Waals surface area contributed by atoms with Crippen LogP contribution in [-0.2, 0) is 12.6 Å². The Hall–Kier alpha value is -1.35. The highest BCUT2D eigenvalue weighted by Gasteiger charge is 2.50. The minimum Gasteiger partial charge on any atom is -0.368 e. The molecule has 3 N–H and O–H groups in total. The van der Waals surface area contributed by atoms with Gasteiger partial charge in [0.2, 0.25) is 5.72 Å². The van der Waals surface area contributed by atoms with Crippen LogP contribution < -0.4 is 5.73 Å². The predicted molar refractivity (Wildman–Crippen MR) is 54.9 cm³/mol. The van der Waals surface area contributed by atoms with E-state index in [0.717, 1.165) is 0 Å². The molecule has 1 aromatic carbocycles. The van der Waals surface area contributed by atoms with Crippen LogP contribution in [0.2, 0.25) is 0 Å². The van der Waals surface area contributed by atoms with E-state index >= 15 is 0 Å². The van der Waals surface area contributed by atoms with Crippen molar-refractivity contribution in [2.24, 2.45) is 5.73 Å². The van der Waals surface area contributed by atoms with Crippen molar-refractivity contribution < 1.29 is 35.8 Å². The van der Waals surface area contributed by atoms with Crippen LogP contribution in [0.4, 0.5) is 30.7 Å². The number of nitrogens with two attached hydrogens (primary N) is 1. The molecule has 1 rings (SSSR count). The third-order valence-corrected chi connectivity index (χ3v) is 2.64. The molecule has 0 amide bonds. The van der Waals surface area contributed by atoms with E-state index in [1.165, 1.54) is 0 Å². The van der Waals surface area contributed by atoms with E-state index in [-0.39, 0.29) is 0 Å². The van der Waals surface area contributed by atoms with Gasteiger partial charge in [-0.2, -0.15) is 26.3 Å². The first-order chi connectivity index (χ1) is 8.84. The second-order valence-corrected chi connectivity index (χ2v) is 4.23. The van der Waals surface area contributed by atoms with Crippen LogP contribution in [0.25, 0.3) is 0 Å². The zero-order chi connectivity index (χ0) is 15.8. The molecule has 114 valence electrons. The summed E-state index contributed by atoms with van der Waals surface area (Å²) in [5, 5.41) is 8.94. The van der Waals surface area contributed by atoms with Crippen LogP contribution in [-0.4, -0.2) is 17.0 Å². The summed E-state index contributed by atoms with van der Waals surface area (Å²) in [4.78, 5) is 0. The fraction of sp³-hybridized carbons (Fsp3) is 0.455. The molecule has 1 unspecified atom stereocenters. The normalized spacial score (nSPS) is 16.1. The van der Waals surface area contributed by atoms with Crippen LogP contribution in [0.5, 0.6) is 0 Å². The van der Waals surface area contributed by atoms with Crippen molar-refractivity contribution in [3.05, 3.63) is 35.1 Å². The van der Waals surface area contributed by atoms with E-state index < -0.39 is 47.9 Å². The summed E-state index contributed by atoms with van der Waals surface area (Å²) in [6, 6.07) is 1.36. The van der Waals surface area contributed by atoms with E-state index in [9.17, 15) is 30.7 Å². The molecule has 20 heavy (non-hydrogen) atoms. The number of halogens is 7. The zero-order valence-corrected chi connectivity index (χ0v) is 9.82. The molecule has 0 spiro atoms. The van der Waals surface area contributed by atoms with E-state index in [4.69, 9.17) is 5.11 Å². The van der Waals surface area contributed by atoms with Gasteiger partial charge in [-0.05, 0) is 30.2 Å². The Kier molecular flexibility index (Phi) is 4.35. The van der Waals surface area contributed by atoms with Gasteiger partial charge in [0.05, 0.1) is 5.56 Å². The average Bonchev–Trinajstić information content (AvgIpc) is 2.24. The molecule has 0 heterocycles. The topological polar surface area (TPSA) is 46.2 Å². The SMILES string of the molecule is NC(O)(CCc1cc(C(F)(F)F)ccc1F)C(F)(F)F. The van der Waals surface area contributed by atoms with Gasteiger partial charge in [0.1, 0.15) is 5.82 Å². The number of aliphatic hydroxyl groups is 1. The number of alkyl halides is 6. The van der Waals surface area contributed by atoms with Gasteiger partial charge in [-0.3, -0.25) is 5.73 Å². The maximum atomic E-state index is 13.3. The number of aryl methyl sites for hydroxylation is 1. The molecule has 0 aromatic heterocycles. The van der Waals surface area contributed by atoms with Gasteiger partial charge in [-0.15, -0.1) is 0 Å². The Morgan fingerprint density at radius 1 is 1.05 bits per heavy atom. The van der Waals surface area contributed by atoms with Crippen molar-refractivity contribution in [2.45, 2.75) is 30.9 Å². The molecule has 0 saturated heterocycles. The van der Waals surface area contributed by atoms with Gasteiger partial charge in [0, 0.05) is 6.42 Å². The first-order valence-corrected chi connectivity index (χ1v) is 5.28. The predicted octanol–water partition coefficient (Wildman–Crippen LogP) is 2.99. The van der Waals surface area contributed by atoms with Crippen LogP contribution in [0.1, 0.15) is 17.5 Å². The Morgan fingerprint density at radius 3 is 2.05 bits per heavy atom. The van der Waals surface area contributed by atoms with Gasteiger partial charge in [0.25, 0.3) is 0 Å². The van der Waals surface area contributed by atoms with Crippen molar-refractivity contribution in [3.8, 4) is 0 Å². The summed E-state index contributed by atoms with van der Waals surface area (Å²) >= 11 is 0. The largest absolute Gasteiger partial charge is 0.430 e. The highest BCUT2D eigenvalue weighted by Crippen LogP contribution is 2.33. The molecule has 1 aromatic rings. The summed E-state index contributed by atoms with van der Waals surface area (Å²) in [6.45, 7) is 0. The van der Waals surface area contributed by atoms with Gasteiger partial charge in [0.15, 0.2) is 0 Å². The smallest absolute Gasteiger partial charge is 0.368 e. The molecule has 9 heteroatoms. The first kappa shape index (κ1) is 16.7. The Morgan fingerprint density at radius 2 is 1.60 bits per heavy atom. The van der Waals surface area contributed by atoms with E-state index in [1.807, 2.05) is 0 Å². The molecule has 0 bridgehead atoms. The van der Waals surface area contributed by atoms with Crippen molar-refractivity contribution in [3.63, 3.8) is 0 Å². The summed E-state index contributed by atoms with van der Waals surface area (Å²) in [5.74, 6) is -1.10. The summed E-state index contributed by atoms with van der Waals surface area (Å²) in [6.07, 6.45) is -11.9. The van der Waals surface area contributed by atoms with E-state index in [0.29, 0.717) is 18.2 Å². The lowest BCUT2D eigenvalue weighted by atomic mass is 10.0. The van der Waals surface area contributed by atoms with Crippen LogP contribution in [0.15, 0.2) is 18.2 Å². The molecule has 0 radical (unpaired) electrons. The third kappa shape index (κ3) is 3.83. The zero-order valence-electron chi connectivity index (χ0n) is 9.82. The third-order valence-electron chi connectivity index (χ3n) is 2.64. The molecule has 0 aliphatic heterocycles.